The second-order valence-corrected chi connectivity index (χ2v) is 6.38. The lowest BCUT2D eigenvalue weighted by Crippen LogP contribution is -2.38. The number of hydrogen-bond donors (Lipinski definition) is 0. The Morgan fingerprint density at radius 2 is 1.26 bits per heavy atom. The highest BCUT2D eigenvalue weighted by Gasteiger charge is 2.26. The van der Waals surface area contributed by atoms with Gasteiger partial charge < -0.3 is 14.2 Å². The first kappa shape index (κ1) is 22.8. The van der Waals surface area contributed by atoms with Gasteiger partial charge >= 0.3 is 12.2 Å². The van der Waals surface area contributed by atoms with Crippen LogP contribution in [0.25, 0.3) is 0 Å². The van der Waals surface area contributed by atoms with Gasteiger partial charge in [0.2, 0.25) is 0 Å². The lowest BCUT2D eigenvalue weighted by molar-refractivity contribution is 0.132. The molecule has 1 rings (SSSR count). The minimum atomic E-state index is -0.713. The molecule has 0 heterocycles. The minimum Gasteiger partial charge on any atom is -0.497 e. The van der Waals surface area contributed by atoms with E-state index in [0.717, 1.165) is 56.3 Å². The van der Waals surface area contributed by atoms with E-state index in [1.54, 1.807) is 31.4 Å². The zero-order valence-corrected chi connectivity index (χ0v) is 16.9. The van der Waals surface area contributed by atoms with Crippen LogP contribution in [0.3, 0.4) is 0 Å². The molecular formula is C21H33NO5. The van der Waals surface area contributed by atoms with E-state index in [9.17, 15) is 9.59 Å². The predicted octanol–water partition coefficient (Wildman–Crippen LogP) is 5.94. The molecule has 0 aromatic heterocycles. The first-order valence-corrected chi connectivity index (χ1v) is 9.91. The zero-order valence-electron chi connectivity index (χ0n) is 16.9. The Bertz CT molecular complexity index is 518. The number of carbonyl (C=O) groups excluding carboxylic acids is 2. The lowest BCUT2D eigenvalue weighted by atomic mass is 10.2. The molecule has 0 spiro atoms. The molecule has 2 amide bonds. The van der Waals surface area contributed by atoms with Crippen LogP contribution in [0.4, 0.5) is 15.3 Å². The van der Waals surface area contributed by atoms with Crippen molar-refractivity contribution in [2.75, 3.05) is 25.2 Å². The van der Waals surface area contributed by atoms with Gasteiger partial charge in [-0.15, -0.1) is 0 Å². The van der Waals surface area contributed by atoms with Crippen LogP contribution in [0.15, 0.2) is 24.3 Å². The molecule has 0 aliphatic heterocycles. The van der Waals surface area contributed by atoms with Crippen LogP contribution in [0.2, 0.25) is 0 Å². The van der Waals surface area contributed by atoms with Crippen LogP contribution >= 0.6 is 0 Å². The Morgan fingerprint density at radius 3 is 1.67 bits per heavy atom. The summed E-state index contributed by atoms with van der Waals surface area (Å²) < 4.78 is 15.7. The number of imide groups is 1. The fourth-order valence-electron chi connectivity index (χ4n) is 2.52. The van der Waals surface area contributed by atoms with Gasteiger partial charge in [-0.25, -0.2) is 9.59 Å². The van der Waals surface area contributed by atoms with Crippen molar-refractivity contribution in [1.82, 2.24) is 0 Å². The van der Waals surface area contributed by atoms with Crippen LogP contribution in [0, 0.1) is 0 Å². The maximum absolute atomic E-state index is 12.5. The van der Waals surface area contributed by atoms with E-state index in [2.05, 4.69) is 13.8 Å². The fourth-order valence-corrected chi connectivity index (χ4v) is 2.52. The Balaban J connectivity index is 2.69. The molecule has 152 valence electrons. The second kappa shape index (κ2) is 13.9. The molecule has 0 saturated heterocycles. The molecule has 6 heteroatoms. The van der Waals surface area contributed by atoms with E-state index in [1.807, 2.05) is 0 Å². The van der Waals surface area contributed by atoms with Crippen LogP contribution in [0.1, 0.15) is 65.2 Å². The summed E-state index contributed by atoms with van der Waals surface area (Å²) in [7, 11) is 1.56. The van der Waals surface area contributed by atoms with Crippen molar-refractivity contribution in [2.45, 2.75) is 65.2 Å². The van der Waals surface area contributed by atoms with Crippen molar-refractivity contribution in [2.24, 2.45) is 0 Å². The number of benzene rings is 1. The van der Waals surface area contributed by atoms with Crippen molar-refractivity contribution in [3.63, 3.8) is 0 Å². The quantitative estimate of drug-likeness (QED) is 0.421. The van der Waals surface area contributed by atoms with Crippen molar-refractivity contribution in [1.29, 1.82) is 0 Å². The summed E-state index contributed by atoms with van der Waals surface area (Å²) in [5.41, 5.74) is 0.396. The molecule has 6 nitrogen and oxygen atoms in total. The zero-order chi connectivity index (χ0) is 19.9. The number of anilines is 1. The third-order valence-electron chi connectivity index (χ3n) is 4.14. The number of rotatable bonds is 12. The highest BCUT2D eigenvalue weighted by atomic mass is 16.6. The van der Waals surface area contributed by atoms with Crippen LogP contribution in [-0.2, 0) is 9.47 Å². The first-order chi connectivity index (χ1) is 13.1. The number of methoxy groups -OCH3 is 1. The maximum atomic E-state index is 12.5. The molecule has 27 heavy (non-hydrogen) atoms. The predicted molar refractivity (Wildman–Crippen MR) is 106 cm³/mol. The average molecular weight is 379 g/mol. The van der Waals surface area contributed by atoms with Crippen molar-refractivity contribution < 1.29 is 23.8 Å². The van der Waals surface area contributed by atoms with Crippen LogP contribution in [0.5, 0.6) is 5.75 Å². The van der Waals surface area contributed by atoms with Gasteiger partial charge in [0.15, 0.2) is 0 Å². The molecule has 0 aliphatic rings. The normalized spacial score (nSPS) is 10.3. The summed E-state index contributed by atoms with van der Waals surface area (Å²) in [6.45, 7) is 4.81. The van der Waals surface area contributed by atoms with Crippen LogP contribution in [-0.4, -0.2) is 32.5 Å². The number of unbranched alkanes of at least 4 members (excludes halogenated alkanes) is 6. The summed E-state index contributed by atoms with van der Waals surface area (Å²) in [5.74, 6) is 0.638. The molecule has 0 atom stereocenters. The average Bonchev–Trinajstić information content (AvgIpc) is 2.68. The van der Waals surface area contributed by atoms with Crippen molar-refractivity contribution >= 4 is 17.9 Å². The number of carbonyl (C=O) groups is 2. The monoisotopic (exact) mass is 379 g/mol. The molecule has 0 aliphatic carbocycles. The summed E-state index contributed by atoms with van der Waals surface area (Å²) in [4.78, 5) is 25.9. The summed E-state index contributed by atoms with van der Waals surface area (Å²) in [6.07, 6.45) is 6.53. The molecular weight excluding hydrogens is 346 g/mol. The smallest absolute Gasteiger partial charge is 0.424 e. The molecule has 1 aromatic carbocycles. The SMILES string of the molecule is CCCCCCOC(=O)N(C(=O)OCCCCCC)c1ccc(OC)cc1. The maximum Gasteiger partial charge on any atom is 0.424 e. The Hall–Kier alpha value is -2.24. The van der Waals surface area contributed by atoms with Gasteiger partial charge in [-0.1, -0.05) is 52.4 Å². The Labute approximate surface area is 162 Å². The minimum absolute atomic E-state index is 0.287. The Morgan fingerprint density at radius 1 is 0.778 bits per heavy atom. The summed E-state index contributed by atoms with van der Waals surface area (Å²) >= 11 is 0. The highest BCUT2D eigenvalue weighted by molar-refractivity contribution is 6.09. The lowest BCUT2D eigenvalue weighted by Gasteiger charge is -2.20. The Kier molecular flexibility index (Phi) is 11.7. The van der Waals surface area contributed by atoms with E-state index in [-0.39, 0.29) is 13.2 Å². The van der Waals surface area contributed by atoms with Gasteiger partial charge in [0.05, 0.1) is 26.0 Å². The van der Waals surface area contributed by atoms with Gasteiger partial charge in [0.25, 0.3) is 0 Å². The summed E-state index contributed by atoms with van der Waals surface area (Å²) in [6, 6.07) is 6.64. The molecule has 1 aromatic rings. The first-order valence-electron chi connectivity index (χ1n) is 9.91. The van der Waals surface area contributed by atoms with Crippen molar-refractivity contribution in [3.8, 4) is 5.75 Å². The third-order valence-corrected chi connectivity index (χ3v) is 4.14. The summed E-state index contributed by atoms with van der Waals surface area (Å²) in [5, 5.41) is 0. The third kappa shape index (κ3) is 8.80. The topological polar surface area (TPSA) is 65.1 Å². The number of nitrogens with zero attached hydrogens (tertiary/aromatic N) is 1. The van der Waals surface area contributed by atoms with Gasteiger partial charge in [-0.05, 0) is 37.1 Å². The standard InChI is InChI=1S/C21H33NO5/c1-4-6-8-10-16-26-20(23)22(18-12-14-19(25-3)15-13-18)21(24)27-17-11-9-7-5-2/h12-15H,4-11,16-17H2,1-3H3. The highest BCUT2D eigenvalue weighted by Crippen LogP contribution is 2.21. The van der Waals surface area contributed by atoms with Gasteiger partial charge in [-0.3, -0.25) is 0 Å². The molecule has 0 N–H and O–H groups in total. The molecule has 0 fully saturated rings. The molecule has 0 radical (unpaired) electrons. The van der Waals surface area contributed by atoms with Gasteiger partial charge in [-0.2, -0.15) is 4.90 Å². The van der Waals surface area contributed by atoms with Gasteiger partial charge in [0.1, 0.15) is 5.75 Å². The van der Waals surface area contributed by atoms with E-state index in [1.165, 1.54) is 0 Å². The largest absolute Gasteiger partial charge is 0.497 e. The second-order valence-electron chi connectivity index (χ2n) is 6.38. The molecule has 0 unspecified atom stereocenters. The molecule has 0 bridgehead atoms. The number of amides is 2. The van der Waals surface area contributed by atoms with E-state index < -0.39 is 12.2 Å². The van der Waals surface area contributed by atoms with Gasteiger partial charge in [0, 0.05) is 0 Å². The fraction of sp³-hybridized carbons (Fsp3) is 0.619. The van der Waals surface area contributed by atoms with Crippen molar-refractivity contribution in [3.05, 3.63) is 24.3 Å². The van der Waals surface area contributed by atoms with E-state index >= 15 is 0 Å². The van der Waals surface area contributed by atoms with E-state index in [0.29, 0.717) is 11.4 Å². The van der Waals surface area contributed by atoms with E-state index in [4.69, 9.17) is 14.2 Å². The number of hydrogen-bond acceptors (Lipinski definition) is 5. The van der Waals surface area contributed by atoms with Crippen LogP contribution < -0.4 is 9.64 Å². The number of ether oxygens (including phenoxy) is 3. The molecule has 0 saturated carbocycles.